The van der Waals surface area contributed by atoms with E-state index in [4.69, 9.17) is 0 Å². The molecule has 0 saturated carbocycles. The number of alkyl halides is 2. The number of carbonyl (C=O) groups excluding carboxylic acids is 1. The predicted molar refractivity (Wildman–Crippen MR) is 127 cm³/mol. The Bertz CT molecular complexity index is 1290. The van der Waals surface area contributed by atoms with Gasteiger partial charge >= 0.3 is 0 Å². The van der Waals surface area contributed by atoms with Crippen LogP contribution in [0.4, 0.5) is 8.78 Å². The van der Waals surface area contributed by atoms with Crippen LogP contribution in [0.25, 0.3) is 16.9 Å². The predicted octanol–water partition coefficient (Wildman–Crippen LogP) is 5.74. The smallest absolute Gasteiger partial charge is 0.280 e. The molecule has 0 N–H and O–H groups in total. The van der Waals surface area contributed by atoms with Crippen LogP contribution in [-0.4, -0.2) is 38.5 Å². The van der Waals surface area contributed by atoms with Crippen molar-refractivity contribution in [3.63, 3.8) is 0 Å². The molecule has 1 aliphatic heterocycles. The van der Waals surface area contributed by atoms with Crippen LogP contribution in [0.15, 0.2) is 66.9 Å². The van der Waals surface area contributed by atoms with E-state index >= 15 is 0 Å². The first-order valence-corrected chi connectivity index (χ1v) is 11.6. The zero-order chi connectivity index (χ0) is 23.7. The molecular weight excluding hydrogens is 434 g/mol. The Hall–Kier alpha value is -3.61. The first-order chi connectivity index (χ1) is 16.5. The van der Waals surface area contributed by atoms with Crippen LogP contribution < -0.4 is 0 Å². The van der Waals surface area contributed by atoms with Gasteiger partial charge in [-0.05, 0) is 43.7 Å². The fraction of sp³-hybridized carbons (Fsp3) is 0.296. The van der Waals surface area contributed by atoms with Crippen molar-refractivity contribution in [1.29, 1.82) is 0 Å². The molecule has 1 amide bonds. The van der Waals surface area contributed by atoms with Gasteiger partial charge in [0.2, 0.25) is 0 Å². The molecule has 0 spiro atoms. The number of fused-ring (bicyclic) bond motifs is 1. The summed E-state index contributed by atoms with van der Waals surface area (Å²) in [5.74, 6) is 0.314. The third-order valence-electron chi connectivity index (χ3n) is 6.57. The second kappa shape index (κ2) is 9.33. The molecule has 0 bridgehead atoms. The Morgan fingerprint density at radius 2 is 1.76 bits per heavy atom. The lowest BCUT2D eigenvalue weighted by Crippen LogP contribution is -2.39. The lowest BCUT2D eigenvalue weighted by Gasteiger charge is -2.32. The molecule has 174 valence electrons. The quantitative estimate of drug-likeness (QED) is 0.382. The number of carbonyl (C=O) groups is 1. The third-order valence-corrected chi connectivity index (χ3v) is 6.57. The number of nitrogens with zero attached hydrogens (tertiary/aromatic N) is 4. The molecule has 0 unspecified atom stereocenters. The van der Waals surface area contributed by atoms with E-state index in [-0.39, 0.29) is 22.8 Å². The van der Waals surface area contributed by atoms with Crippen molar-refractivity contribution >= 4 is 11.6 Å². The van der Waals surface area contributed by atoms with Crippen molar-refractivity contribution in [2.75, 3.05) is 13.1 Å². The van der Waals surface area contributed by atoms with Crippen molar-refractivity contribution in [3.8, 4) is 11.3 Å². The van der Waals surface area contributed by atoms with Crippen LogP contribution in [0.5, 0.6) is 0 Å². The van der Waals surface area contributed by atoms with Crippen molar-refractivity contribution < 1.29 is 13.6 Å². The van der Waals surface area contributed by atoms with E-state index in [1.807, 2.05) is 49.4 Å². The highest BCUT2D eigenvalue weighted by Gasteiger charge is 2.28. The zero-order valence-corrected chi connectivity index (χ0v) is 19.0. The normalized spacial score (nSPS) is 14.8. The lowest BCUT2D eigenvalue weighted by molar-refractivity contribution is 0.0692. The molecule has 2 aromatic heterocycles. The maximum Gasteiger partial charge on any atom is 0.280 e. The summed E-state index contributed by atoms with van der Waals surface area (Å²) in [6, 6.07) is 19.2. The molecule has 1 saturated heterocycles. The summed E-state index contributed by atoms with van der Waals surface area (Å²) < 4.78 is 28.8. The standard InChI is InChI=1S/C27H26F2N4O/c1-18-7-9-21(10-8-18)23-16-24(25(28)29)33-26(31-23)22(17-30-33)27(34)32-13-11-20(12-14-32)15-19-5-3-2-4-6-19/h2-10,16-17,20,25H,11-15H2,1H3. The van der Waals surface area contributed by atoms with Gasteiger partial charge in [-0.25, -0.2) is 18.3 Å². The summed E-state index contributed by atoms with van der Waals surface area (Å²) >= 11 is 0. The molecular formula is C27H26F2N4O. The number of hydrogen-bond acceptors (Lipinski definition) is 3. The van der Waals surface area contributed by atoms with Gasteiger partial charge in [-0.1, -0.05) is 60.2 Å². The maximum absolute atomic E-state index is 13.9. The minimum Gasteiger partial charge on any atom is -0.338 e. The van der Waals surface area contributed by atoms with E-state index < -0.39 is 6.43 Å². The fourth-order valence-corrected chi connectivity index (χ4v) is 4.62. The summed E-state index contributed by atoms with van der Waals surface area (Å²) in [7, 11) is 0. The van der Waals surface area contributed by atoms with Crippen LogP contribution in [0.2, 0.25) is 0 Å². The molecule has 2 aromatic carbocycles. The Morgan fingerprint density at radius 3 is 2.44 bits per heavy atom. The van der Waals surface area contributed by atoms with E-state index in [1.54, 1.807) is 4.90 Å². The van der Waals surface area contributed by atoms with Gasteiger partial charge in [-0.15, -0.1) is 0 Å². The molecule has 3 heterocycles. The first kappa shape index (κ1) is 22.2. The monoisotopic (exact) mass is 460 g/mol. The van der Waals surface area contributed by atoms with Gasteiger partial charge in [0.05, 0.1) is 11.9 Å². The summed E-state index contributed by atoms with van der Waals surface area (Å²) in [6.45, 7) is 3.22. The number of aryl methyl sites for hydroxylation is 1. The highest BCUT2D eigenvalue weighted by atomic mass is 19.3. The molecule has 0 atom stereocenters. The topological polar surface area (TPSA) is 50.5 Å². The number of piperidine rings is 1. The van der Waals surface area contributed by atoms with Gasteiger partial charge in [0.1, 0.15) is 11.3 Å². The van der Waals surface area contributed by atoms with Crippen molar-refractivity contribution in [1.82, 2.24) is 19.5 Å². The van der Waals surface area contributed by atoms with Gasteiger partial charge in [-0.3, -0.25) is 4.79 Å². The highest BCUT2D eigenvalue weighted by molar-refractivity contribution is 6.00. The number of benzene rings is 2. The lowest BCUT2D eigenvalue weighted by atomic mass is 9.90. The van der Waals surface area contributed by atoms with Crippen LogP contribution in [0.3, 0.4) is 0 Å². The number of amides is 1. The molecule has 0 aliphatic carbocycles. The molecule has 0 radical (unpaired) electrons. The van der Waals surface area contributed by atoms with E-state index in [9.17, 15) is 13.6 Å². The summed E-state index contributed by atoms with van der Waals surface area (Å²) in [6.07, 6.45) is 1.44. The van der Waals surface area contributed by atoms with E-state index in [0.29, 0.717) is 24.7 Å². The molecule has 1 aliphatic rings. The average Bonchev–Trinajstić information content (AvgIpc) is 3.28. The second-order valence-corrected chi connectivity index (χ2v) is 8.95. The minimum atomic E-state index is -2.74. The molecule has 5 nitrogen and oxygen atoms in total. The Kier molecular flexibility index (Phi) is 6.09. The van der Waals surface area contributed by atoms with E-state index in [2.05, 4.69) is 22.2 Å². The SMILES string of the molecule is Cc1ccc(-c2cc(C(F)F)n3ncc(C(=O)N4CCC(Cc5ccccc5)CC4)c3n2)cc1. The number of hydrogen-bond donors (Lipinski definition) is 0. The van der Waals surface area contributed by atoms with Gasteiger partial charge in [0.15, 0.2) is 5.65 Å². The Labute approximate surface area is 197 Å². The highest BCUT2D eigenvalue weighted by Crippen LogP contribution is 2.28. The summed E-state index contributed by atoms with van der Waals surface area (Å²) in [5.41, 5.74) is 3.65. The fourth-order valence-electron chi connectivity index (χ4n) is 4.62. The number of rotatable bonds is 5. The maximum atomic E-state index is 13.9. The van der Waals surface area contributed by atoms with Gasteiger partial charge in [0, 0.05) is 18.7 Å². The van der Waals surface area contributed by atoms with Gasteiger partial charge in [0.25, 0.3) is 12.3 Å². The Balaban J connectivity index is 1.40. The van der Waals surface area contributed by atoms with Crippen molar-refractivity contribution in [2.24, 2.45) is 5.92 Å². The third kappa shape index (κ3) is 4.42. The van der Waals surface area contributed by atoms with E-state index in [0.717, 1.165) is 34.9 Å². The molecule has 34 heavy (non-hydrogen) atoms. The van der Waals surface area contributed by atoms with Crippen LogP contribution in [-0.2, 0) is 6.42 Å². The first-order valence-electron chi connectivity index (χ1n) is 11.6. The second-order valence-electron chi connectivity index (χ2n) is 8.95. The van der Waals surface area contributed by atoms with Gasteiger partial charge in [-0.2, -0.15) is 5.10 Å². The molecule has 7 heteroatoms. The zero-order valence-electron chi connectivity index (χ0n) is 19.0. The van der Waals surface area contributed by atoms with Crippen molar-refractivity contribution in [2.45, 2.75) is 32.6 Å². The summed E-state index contributed by atoms with van der Waals surface area (Å²) in [5, 5.41) is 4.10. The minimum absolute atomic E-state index is 0.171. The summed E-state index contributed by atoms with van der Waals surface area (Å²) in [4.78, 5) is 19.7. The van der Waals surface area contributed by atoms with Crippen LogP contribution in [0.1, 0.15) is 46.4 Å². The molecule has 5 rings (SSSR count). The number of aromatic nitrogens is 3. The van der Waals surface area contributed by atoms with Crippen LogP contribution >= 0.6 is 0 Å². The number of likely N-dealkylation sites (tertiary alicyclic amines) is 1. The number of halogens is 2. The van der Waals surface area contributed by atoms with Crippen LogP contribution in [0, 0.1) is 12.8 Å². The van der Waals surface area contributed by atoms with E-state index in [1.165, 1.54) is 17.8 Å². The van der Waals surface area contributed by atoms with Crippen molar-refractivity contribution in [3.05, 3.63) is 89.2 Å². The molecule has 4 aromatic rings. The molecule has 1 fully saturated rings. The largest absolute Gasteiger partial charge is 0.338 e. The van der Waals surface area contributed by atoms with Gasteiger partial charge < -0.3 is 4.90 Å². The average molecular weight is 461 g/mol. The Morgan fingerprint density at radius 1 is 1.06 bits per heavy atom.